The predicted molar refractivity (Wildman–Crippen MR) is 113 cm³/mol. The molecule has 6 nitrogen and oxygen atoms in total. The number of ether oxygens (including phenoxy) is 2. The van der Waals surface area contributed by atoms with Crippen LogP contribution in [-0.2, 0) is 28.7 Å². The number of allylic oxidation sites excluding steroid dienone is 5. The molecule has 0 saturated heterocycles. The van der Waals surface area contributed by atoms with E-state index in [2.05, 4.69) is 0 Å². The lowest BCUT2D eigenvalue weighted by Gasteiger charge is -2.62. The number of ketones is 2. The van der Waals surface area contributed by atoms with Gasteiger partial charge in [0.1, 0.15) is 6.10 Å². The van der Waals surface area contributed by atoms with Gasteiger partial charge < -0.3 is 9.47 Å². The van der Waals surface area contributed by atoms with Gasteiger partial charge in [0.05, 0.1) is 0 Å². The Balaban J connectivity index is 1.76. The zero-order valence-electron chi connectivity index (χ0n) is 18.9. The Labute approximate surface area is 186 Å². The summed E-state index contributed by atoms with van der Waals surface area (Å²) >= 11 is 0. The number of fused-ring (bicyclic) bond motifs is 5. The molecule has 0 radical (unpaired) electrons. The Kier molecular flexibility index (Phi) is 5.30. The van der Waals surface area contributed by atoms with E-state index in [1.54, 1.807) is 13.0 Å². The SMILES string of the molecule is CC(=O)OCC(=O)C1=CC[C@H]2[C@@H]3CCC4=CC(=O)C=C[C@]4(C)[C@@]3(F)C(OC(C)=O)C[C@]12C. The highest BCUT2D eigenvalue weighted by Gasteiger charge is 2.71. The molecule has 0 amide bonds. The fourth-order valence-corrected chi connectivity index (χ4v) is 6.75. The van der Waals surface area contributed by atoms with Gasteiger partial charge in [-0.15, -0.1) is 0 Å². The van der Waals surface area contributed by atoms with E-state index in [0.717, 1.165) is 5.57 Å². The molecule has 0 aliphatic heterocycles. The fourth-order valence-electron chi connectivity index (χ4n) is 6.75. The minimum atomic E-state index is -1.91. The number of halogens is 1. The molecule has 0 aromatic heterocycles. The summed E-state index contributed by atoms with van der Waals surface area (Å²) < 4.78 is 28.0. The second-order valence-electron chi connectivity index (χ2n) is 9.90. The molecule has 2 saturated carbocycles. The normalized spacial score (nSPS) is 39.8. The molecule has 4 aliphatic rings. The Morgan fingerprint density at radius 3 is 2.53 bits per heavy atom. The predicted octanol–water partition coefficient (Wildman–Crippen LogP) is 3.60. The molecule has 6 atom stereocenters. The third-order valence-corrected chi connectivity index (χ3v) is 8.21. The monoisotopic (exact) mass is 444 g/mol. The molecule has 0 aromatic carbocycles. The first-order valence-electron chi connectivity index (χ1n) is 11.1. The summed E-state index contributed by atoms with van der Waals surface area (Å²) in [6, 6.07) is 0. The molecule has 32 heavy (non-hydrogen) atoms. The molecule has 0 heterocycles. The molecule has 4 rings (SSSR count). The maximum Gasteiger partial charge on any atom is 0.303 e. The van der Waals surface area contributed by atoms with Gasteiger partial charge in [-0.2, -0.15) is 0 Å². The molecule has 0 spiro atoms. The second kappa shape index (κ2) is 7.49. The highest BCUT2D eigenvalue weighted by Crippen LogP contribution is 2.68. The zero-order chi connectivity index (χ0) is 23.5. The van der Waals surface area contributed by atoms with E-state index in [9.17, 15) is 19.2 Å². The number of hydrogen-bond donors (Lipinski definition) is 0. The maximum absolute atomic E-state index is 17.4. The first kappa shape index (κ1) is 22.6. The van der Waals surface area contributed by atoms with Crippen LogP contribution in [0.3, 0.4) is 0 Å². The molecule has 0 bridgehead atoms. The van der Waals surface area contributed by atoms with Crippen LogP contribution in [0.4, 0.5) is 4.39 Å². The lowest BCUT2D eigenvalue weighted by molar-refractivity contribution is -0.206. The highest BCUT2D eigenvalue weighted by atomic mass is 19.1. The van der Waals surface area contributed by atoms with Crippen LogP contribution in [0, 0.1) is 22.7 Å². The van der Waals surface area contributed by atoms with Crippen molar-refractivity contribution in [2.45, 2.75) is 65.2 Å². The number of Topliss-reactive ketones (excluding diaryl/α,β-unsaturated/α-hetero) is 1. The summed E-state index contributed by atoms with van der Waals surface area (Å²) in [7, 11) is 0. The molecule has 2 fully saturated rings. The van der Waals surface area contributed by atoms with E-state index in [-0.39, 0.29) is 30.5 Å². The van der Waals surface area contributed by atoms with E-state index >= 15 is 4.39 Å². The van der Waals surface area contributed by atoms with Crippen molar-refractivity contribution in [3.05, 3.63) is 35.5 Å². The third-order valence-electron chi connectivity index (χ3n) is 8.21. The average Bonchev–Trinajstić information content (AvgIpc) is 3.04. The van der Waals surface area contributed by atoms with Crippen molar-refractivity contribution in [2.24, 2.45) is 22.7 Å². The molecular weight excluding hydrogens is 415 g/mol. The van der Waals surface area contributed by atoms with Gasteiger partial charge in [0.15, 0.2) is 23.8 Å². The molecular formula is C25H29FO6. The first-order valence-corrected chi connectivity index (χ1v) is 11.1. The average molecular weight is 444 g/mol. The van der Waals surface area contributed by atoms with Crippen LogP contribution in [0.1, 0.15) is 53.4 Å². The lowest BCUT2D eigenvalue weighted by atomic mass is 9.45. The summed E-state index contributed by atoms with van der Waals surface area (Å²) in [6.45, 7) is 5.84. The molecule has 7 heteroatoms. The quantitative estimate of drug-likeness (QED) is 0.616. The molecule has 0 aromatic rings. The lowest BCUT2D eigenvalue weighted by Crippen LogP contribution is -2.67. The van der Waals surface area contributed by atoms with E-state index in [1.165, 1.54) is 26.0 Å². The van der Waals surface area contributed by atoms with Crippen LogP contribution in [0.15, 0.2) is 35.5 Å². The Morgan fingerprint density at radius 2 is 1.88 bits per heavy atom. The molecule has 0 N–H and O–H groups in total. The van der Waals surface area contributed by atoms with Gasteiger partial charge in [0.2, 0.25) is 0 Å². The van der Waals surface area contributed by atoms with Gasteiger partial charge in [-0.3, -0.25) is 19.2 Å². The third kappa shape index (κ3) is 3.11. The van der Waals surface area contributed by atoms with Gasteiger partial charge in [-0.05, 0) is 50.7 Å². The highest BCUT2D eigenvalue weighted by molar-refractivity contribution is 6.01. The van der Waals surface area contributed by atoms with Crippen LogP contribution in [-0.4, -0.2) is 41.9 Å². The molecule has 4 aliphatic carbocycles. The second-order valence-corrected chi connectivity index (χ2v) is 9.90. The number of carbonyl (C=O) groups is 4. The van der Waals surface area contributed by atoms with Gasteiger partial charge in [-0.1, -0.05) is 24.6 Å². The smallest absolute Gasteiger partial charge is 0.303 e. The number of rotatable bonds is 4. The van der Waals surface area contributed by atoms with Crippen molar-refractivity contribution >= 4 is 23.5 Å². The van der Waals surface area contributed by atoms with Gasteiger partial charge >= 0.3 is 11.9 Å². The van der Waals surface area contributed by atoms with Gasteiger partial charge in [0, 0.05) is 36.2 Å². The van der Waals surface area contributed by atoms with Crippen LogP contribution in [0.25, 0.3) is 0 Å². The molecule has 172 valence electrons. The van der Waals surface area contributed by atoms with Crippen molar-refractivity contribution in [3.8, 4) is 0 Å². The Morgan fingerprint density at radius 1 is 1.16 bits per heavy atom. The minimum absolute atomic E-state index is 0.145. The zero-order valence-corrected chi connectivity index (χ0v) is 18.9. The Hall–Kier alpha value is -2.57. The van der Waals surface area contributed by atoms with Crippen LogP contribution in [0.5, 0.6) is 0 Å². The summed E-state index contributed by atoms with van der Waals surface area (Å²) in [6.07, 6.45) is 7.03. The van der Waals surface area contributed by atoms with E-state index in [1.807, 2.05) is 13.0 Å². The van der Waals surface area contributed by atoms with Gasteiger partial charge in [0.25, 0.3) is 0 Å². The van der Waals surface area contributed by atoms with E-state index in [4.69, 9.17) is 9.47 Å². The largest absolute Gasteiger partial charge is 0.459 e. The van der Waals surface area contributed by atoms with Crippen molar-refractivity contribution in [2.75, 3.05) is 6.61 Å². The number of esters is 2. The minimum Gasteiger partial charge on any atom is -0.459 e. The number of hydrogen-bond acceptors (Lipinski definition) is 6. The number of alkyl halides is 1. The maximum atomic E-state index is 17.4. The van der Waals surface area contributed by atoms with Crippen molar-refractivity contribution in [1.29, 1.82) is 0 Å². The van der Waals surface area contributed by atoms with E-state index in [0.29, 0.717) is 24.8 Å². The van der Waals surface area contributed by atoms with Crippen molar-refractivity contribution in [1.82, 2.24) is 0 Å². The van der Waals surface area contributed by atoms with Crippen molar-refractivity contribution in [3.63, 3.8) is 0 Å². The summed E-state index contributed by atoms with van der Waals surface area (Å²) in [5.41, 5.74) is -2.45. The molecule has 1 unspecified atom stereocenters. The Bertz CT molecular complexity index is 992. The van der Waals surface area contributed by atoms with E-state index < -0.39 is 40.5 Å². The summed E-state index contributed by atoms with van der Waals surface area (Å²) in [5.74, 6) is -2.23. The van der Waals surface area contributed by atoms with Crippen molar-refractivity contribution < 1.29 is 33.0 Å². The fraction of sp³-hybridized carbons (Fsp3) is 0.600. The van der Waals surface area contributed by atoms with Crippen LogP contribution >= 0.6 is 0 Å². The first-order chi connectivity index (χ1) is 14.9. The number of carbonyl (C=O) groups excluding carboxylic acids is 4. The summed E-state index contributed by atoms with van der Waals surface area (Å²) in [5, 5.41) is 0. The topological polar surface area (TPSA) is 86.7 Å². The summed E-state index contributed by atoms with van der Waals surface area (Å²) in [4.78, 5) is 48.1. The van der Waals surface area contributed by atoms with Gasteiger partial charge in [-0.25, -0.2) is 4.39 Å². The van der Waals surface area contributed by atoms with Crippen LogP contribution in [0.2, 0.25) is 0 Å². The standard InChI is InChI=1S/C25H29FO6/c1-14(27)31-13-21(30)20-8-7-18-19-6-5-16-11-17(29)9-10-24(16,4)25(19,26)22(32-15(2)28)12-23(18,20)3/h8-11,18-19,22H,5-7,12-13H2,1-4H3/t18-,19-,22?,23-,24-,25-/m0/s1. The van der Waals surface area contributed by atoms with Crippen LogP contribution < -0.4 is 0 Å².